The summed E-state index contributed by atoms with van der Waals surface area (Å²) in [5.41, 5.74) is 0.189. The second-order valence-corrected chi connectivity index (χ2v) is 5.56. The van der Waals surface area contributed by atoms with E-state index in [9.17, 15) is 19.7 Å². The molecule has 0 unspecified atom stereocenters. The third-order valence-corrected chi connectivity index (χ3v) is 3.82. The molecule has 8 heteroatoms. The van der Waals surface area contributed by atoms with Crippen LogP contribution in [0.2, 0.25) is 0 Å². The van der Waals surface area contributed by atoms with Crippen LogP contribution >= 0.6 is 0 Å². The van der Waals surface area contributed by atoms with E-state index in [2.05, 4.69) is 15.6 Å². The van der Waals surface area contributed by atoms with Gasteiger partial charge in [-0.05, 0) is 23.6 Å². The number of para-hydroxylation sites is 2. The first-order valence-corrected chi connectivity index (χ1v) is 7.94. The Morgan fingerprint density at radius 3 is 2.62 bits per heavy atom. The highest BCUT2D eigenvalue weighted by Gasteiger charge is 2.12. The number of nitro benzene ring substituents is 1. The van der Waals surface area contributed by atoms with E-state index in [0.717, 1.165) is 0 Å². The summed E-state index contributed by atoms with van der Waals surface area (Å²) in [6.07, 6.45) is 0. The molecule has 0 radical (unpaired) electrons. The van der Waals surface area contributed by atoms with Crippen LogP contribution in [0.4, 0.5) is 11.4 Å². The normalized spacial score (nSPS) is 10.5. The monoisotopic (exact) mass is 352 g/mol. The number of hydrogen-bond donors (Lipinski definition) is 3. The first-order chi connectivity index (χ1) is 12.6. The molecule has 0 aliphatic carbocycles. The number of benzene rings is 2. The van der Waals surface area contributed by atoms with Gasteiger partial charge < -0.3 is 15.6 Å². The predicted molar refractivity (Wildman–Crippen MR) is 98.5 cm³/mol. The molecule has 26 heavy (non-hydrogen) atoms. The SMILES string of the molecule is O=C(NCCNc1ccccc1[N+](=O)[O-])c1cc2ccccc2c(=O)[nH]1. The van der Waals surface area contributed by atoms with E-state index in [1.165, 1.54) is 6.07 Å². The number of nitro groups is 1. The van der Waals surface area contributed by atoms with Gasteiger partial charge in [0.2, 0.25) is 0 Å². The Labute approximate surface area is 148 Å². The fourth-order valence-corrected chi connectivity index (χ4v) is 2.58. The molecule has 0 aliphatic heterocycles. The van der Waals surface area contributed by atoms with Gasteiger partial charge in [0.1, 0.15) is 11.4 Å². The van der Waals surface area contributed by atoms with E-state index in [-0.39, 0.29) is 23.5 Å². The van der Waals surface area contributed by atoms with Crippen molar-refractivity contribution < 1.29 is 9.72 Å². The molecule has 3 rings (SSSR count). The van der Waals surface area contributed by atoms with Gasteiger partial charge in [0.15, 0.2) is 0 Å². The summed E-state index contributed by atoms with van der Waals surface area (Å²) in [5.74, 6) is -0.419. The molecule has 1 aromatic heterocycles. The molecule has 1 heterocycles. The molecule has 0 aliphatic rings. The Balaban J connectivity index is 1.62. The third kappa shape index (κ3) is 3.69. The number of nitrogens with one attached hydrogen (secondary N) is 3. The molecule has 8 nitrogen and oxygen atoms in total. The molecule has 3 N–H and O–H groups in total. The second kappa shape index (κ2) is 7.47. The van der Waals surface area contributed by atoms with Crippen molar-refractivity contribution in [1.82, 2.24) is 10.3 Å². The van der Waals surface area contributed by atoms with Crippen LogP contribution < -0.4 is 16.2 Å². The van der Waals surface area contributed by atoms with E-state index in [0.29, 0.717) is 23.0 Å². The highest BCUT2D eigenvalue weighted by Crippen LogP contribution is 2.22. The van der Waals surface area contributed by atoms with Gasteiger partial charge in [-0.25, -0.2) is 0 Å². The molecule has 132 valence electrons. The zero-order valence-electron chi connectivity index (χ0n) is 13.7. The van der Waals surface area contributed by atoms with E-state index < -0.39 is 10.8 Å². The third-order valence-electron chi connectivity index (χ3n) is 3.82. The van der Waals surface area contributed by atoms with Crippen LogP contribution in [0.25, 0.3) is 10.8 Å². The molecule has 0 saturated heterocycles. The number of rotatable bonds is 6. The number of aromatic nitrogens is 1. The van der Waals surface area contributed by atoms with Crippen molar-refractivity contribution in [3.63, 3.8) is 0 Å². The summed E-state index contributed by atoms with van der Waals surface area (Å²) in [4.78, 5) is 37.3. The van der Waals surface area contributed by atoms with Crippen molar-refractivity contribution in [2.45, 2.75) is 0 Å². The minimum atomic E-state index is -0.471. The largest absolute Gasteiger partial charge is 0.378 e. The van der Waals surface area contributed by atoms with Crippen LogP contribution in [0.15, 0.2) is 59.4 Å². The Bertz CT molecular complexity index is 1030. The predicted octanol–water partition coefficient (Wildman–Crippen LogP) is 2.28. The number of pyridine rings is 1. The lowest BCUT2D eigenvalue weighted by molar-refractivity contribution is -0.384. The van der Waals surface area contributed by atoms with Crippen molar-refractivity contribution in [1.29, 1.82) is 0 Å². The molecule has 1 amide bonds. The van der Waals surface area contributed by atoms with Gasteiger partial charge in [0.05, 0.1) is 4.92 Å². The number of amides is 1. The van der Waals surface area contributed by atoms with E-state index in [1.807, 2.05) is 0 Å². The number of nitrogens with zero attached hydrogens (tertiary/aromatic N) is 1. The quantitative estimate of drug-likeness (QED) is 0.357. The molecule has 0 spiro atoms. The average molecular weight is 352 g/mol. The Hall–Kier alpha value is -3.68. The van der Waals surface area contributed by atoms with Crippen molar-refractivity contribution in [2.24, 2.45) is 0 Å². The number of anilines is 1. The van der Waals surface area contributed by atoms with Crippen LogP contribution in [-0.2, 0) is 0 Å². The van der Waals surface area contributed by atoms with Crippen molar-refractivity contribution in [3.8, 4) is 0 Å². The number of aromatic amines is 1. The molecule has 0 saturated carbocycles. The van der Waals surface area contributed by atoms with Gasteiger partial charge in [0, 0.05) is 24.5 Å². The van der Waals surface area contributed by atoms with Gasteiger partial charge in [0.25, 0.3) is 17.2 Å². The summed E-state index contributed by atoms with van der Waals surface area (Å²) in [5, 5.41) is 17.7. The number of fused-ring (bicyclic) bond motifs is 1. The summed E-state index contributed by atoms with van der Waals surface area (Å²) < 4.78 is 0. The highest BCUT2D eigenvalue weighted by atomic mass is 16.6. The maximum atomic E-state index is 12.2. The van der Waals surface area contributed by atoms with Crippen molar-refractivity contribution in [2.75, 3.05) is 18.4 Å². The summed E-state index contributed by atoms with van der Waals surface area (Å²) in [7, 11) is 0. The van der Waals surface area contributed by atoms with Crippen LogP contribution in [0.5, 0.6) is 0 Å². The highest BCUT2D eigenvalue weighted by molar-refractivity contribution is 5.96. The number of H-pyrrole nitrogens is 1. The van der Waals surface area contributed by atoms with E-state index in [4.69, 9.17) is 0 Å². The second-order valence-electron chi connectivity index (χ2n) is 5.56. The van der Waals surface area contributed by atoms with E-state index >= 15 is 0 Å². The fraction of sp³-hybridized carbons (Fsp3) is 0.111. The zero-order valence-corrected chi connectivity index (χ0v) is 13.7. The van der Waals surface area contributed by atoms with Crippen LogP contribution in [-0.4, -0.2) is 28.9 Å². The standard InChI is InChI=1S/C18H16N4O4/c23-17-13-6-2-1-5-12(13)11-15(21-17)18(24)20-10-9-19-14-7-3-4-8-16(14)22(25)26/h1-8,11,19H,9-10H2,(H,20,24)(H,21,23). The number of carbonyl (C=O) groups is 1. The molecule has 0 atom stereocenters. The molecular weight excluding hydrogens is 336 g/mol. The fourth-order valence-electron chi connectivity index (χ4n) is 2.58. The first kappa shape index (κ1) is 17.2. The number of carbonyl (C=O) groups excluding carboxylic acids is 1. The topological polar surface area (TPSA) is 117 Å². The van der Waals surface area contributed by atoms with E-state index in [1.54, 1.807) is 48.5 Å². The average Bonchev–Trinajstić information content (AvgIpc) is 2.65. The smallest absolute Gasteiger partial charge is 0.292 e. The molecule has 0 bridgehead atoms. The van der Waals surface area contributed by atoms with Crippen LogP contribution in [0, 0.1) is 10.1 Å². The number of hydrogen-bond acceptors (Lipinski definition) is 5. The molecular formula is C18H16N4O4. The zero-order chi connectivity index (χ0) is 18.5. The maximum absolute atomic E-state index is 12.2. The lowest BCUT2D eigenvalue weighted by atomic mass is 10.1. The lowest BCUT2D eigenvalue weighted by Gasteiger charge is -2.09. The van der Waals surface area contributed by atoms with Gasteiger partial charge in [-0.2, -0.15) is 0 Å². The Morgan fingerprint density at radius 2 is 1.81 bits per heavy atom. The van der Waals surface area contributed by atoms with Gasteiger partial charge >= 0.3 is 0 Å². The van der Waals surface area contributed by atoms with Crippen LogP contribution in [0.3, 0.4) is 0 Å². The van der Waals surface area contributed by atoms with Gasteiger partial charge in [-0.1, -0.05) is 30.3 Å². The minimum Gasteiger partial charge on any atom is -0.378 e. The van der Waals surface area contributed by atoms with Crippen molar-refractivity contribution >= 4 is 28.1 Å². The Morgan fingerprint density at radius 1 is 1.08 bits per heavy atom. The summed E-state index contributed by atoms with van der Waals surface area (Å²) in [6.45, 7) is 0.536. The van der Waals surface area contributed by atoms with Gasteiger partial charge in [-0.15, -0.1) is 0 Å². The maximum Gasteiger partial charge on any atom is 0.292 e. The lowest BCUT2D eigenvalue weighted by Crippen LogP contribution is -2.30. The minimum absolute atomic E-state index is 0.0299. The summed E-state index contributed by atoms with van der Waals surface area (Å²) >= 11 is 0. The first-order valence-electron chi connectivity index (χ1n) is 7.94. The van der Waals surface area contributed by atoms with Crippen molar-refractivity contribution in [3.05, 3.63) is 80.8 Å². The van der Waals surface area contributed by atoms with Gasteiger partial charge in [-0.3, -0.25) is 19.7 Å². The van der Waals surface area contributed by atoms with Crippen LogP contribution in [0.1, 0.15) is 10.5 Å². The molecule has 0 fully saturated rings. The summed E-state index contributed by atoms with van der Waals surface area (Å²) in [6, 6.07) is 14.9. The molecule has 3 aromatic rings. The molecule has 2 aromatic carbocycles. The Kier molecular flexibility index (Phi) is 4.93.